The van der Waals surface area contributed by atoms with Gasteiger partial charge in [-0.2, -0.15) is 0 Å². The molecule has 12 heteroatoms. The van der Waals surface area contributed by atoms with E-state index in [4.69, 9.17) is 11.6 Å². The number of carbonyl (C=O) groups excluding carboxylic acids is 2. The molecule has 2 atom stereocenters. The molecular formula is C21H19ClN4O5S2. The van der Waals surface area contributed by atoms with Crippen molar-refractivity contribution in [3.05, 3.63) is 70.1 Å². The van der Waals surface area contributed by atoms with Gasteiger partial charge in [0.1, 0.15) is 10.4 Å². The fourth-order valence-electron chi connectivity index (χ4n) is 3.47. The molecule has 2 heterocycles. The van der Waals surface area contributed by atoms with Gasteiger partial charge in [0.15, 0.2) is 5.78 Å². The van der Waals surface area contributed by atoms with Crippen LogP contribution < -0.4 is 20.7 Å². The number of halogens is 1. The molecule has 0 saturated carbocycles. The van der Waals surface area contributed by atoms with E-state index in [0.29, 0.717) is 22.5 Å². The number of urea groups is 1. The summed E-state index contributed by atoms with van der Waals surface area (Å²) in [6.45, 7) is 0. The first kappa shape index (κ1) is 23.1. The van der Waals surface area contributed by atoms with Crippen LogP contribution in [0, 0.1) is 0 Å². The molecule has 9 nitrogen and oxygen atoms in total. The number of amides is 2. The largest absolute Gasteiger partial charge is 0.388 e. The molecule has 0 fully saturated rings. The van der Waals surface area contributed by atoms with Gasteiger partial charge in [0, 0.05) is 29.7 Å². The van der Waals surface area contributed by atoms with Gasteiger partial charge in [-0.25, -0.2) is 17.9 Å². The molecule has 0 aliphatic carbocycles. The number of benzene rings is 2. The molecule has 5 N–H and O–H groups in total. The maximum atomic E-state index is 13.0. The number of thiophene rings is 1. The minimum Gasteiger partial charge on any atom is -0.388 e. The Hall–Kier alpha value is -3.12. The molecule has 0 spiro atoms. The smallest absolute Gasteiger partial charge is 0.333 e. The molecular weight excluding hydrogens is 488 g/mol. The SMILES string of the molecule is CNc1ccc2c(c1)NC(O)C(c1ccc(NC(=O)NS(=O)(=O)c3ccc(Cl)s3)cc1)C2=O. The number of aliphatic hydroxyl groups excluding tert-OH is 1. The van der Waals surface area contributed by atoms with Gasteiger partial charge in [0.25, 0.3) is 10.0 Å². The quantitative estimate of drug-likeness (QED) is 0.356. The van der Waals surface area contributed by atoms with Crippen LogP contribution in [0.25, 0.3) is 0 Å². The van der Waals surface area contributed by atoms with Crippen molar-refractivity contribution in [2.75, 3.05) is 23.0 Å². The number of rotatable bonds is 5. The fourth-order valence-corrected chi connectivity index (χ4v) is 5.86. The highest BCUT2D eigenvalue weighted by molar-refractivity contribution is 7.92. The first-order chi connectivity index (χ1) is 15.7. The second kappa shape index (κ2) is 9.02. The zero-order chi connectivity index (χ0) is 23.8. The Morgan fingerprint density at radius 2 is 1.79 bits per heavy atom. The molecule has 3 aromatic rings. The third-order valence-electron chi connectivity index (χ3n) is 5.04. The number of hydrogen-bond donors (Lipinski definition) is 5. The van der Waals surface area contributed by atoms with Crippen LogP contribution in [0.3, 0.4) is 0 Å². The minimum absolute atomic E-state index is 0.0857. The number of nitrogens with one attached hydrogen (secondary N) is 4. The fraction of sp³-hybridized carbons (Fsp3) is 0.143. The summed E-state index contributed by atoms with van der Waals surface area (Å²) in [4.78, 5) is 25.2. The van der Waals surface area contributed by atoms with Crippen LogP contribution in [0.2, 0.25) is 4.34 Å². The van der Waals surface area contributed by atoms with Crippen LogP contribution >= 0.6 is 22.9 Å². The maximum absolute atomic E-state index is 13.0. The van der Waals surface area contributed by atoms with Crippen molar-refractivity contribution in [3.63, 3.8) is 0 Å². The monoisotopic (exact) mass is 506 g/mol. The second-order valence-corrected chi connectivity index (χ2v) is 10.8. The molecule has 33 heavy (non-hydrogen) atoms. The zero-order valence-corrected chi connectivity index (χ0v) is 19.5. The van der Waals surface area contributed by atoms with Gasteiger partial charge in [0.2, 0.25) is 0 Å². The van der Waals surface area contributed by atoms with Gasteiger partial charge in [-0.1, -0.05) is 23.7 Å². The summed E-state index contributed by atoms with van der Waals surface area (Å²) >= 11 is 6.58. The van der Waals surface area contributed by atoms with E-state index in [9.17, 15) is 23.1 Å². The molecule has 1 aliphatic rings. The molecule has 4 rings (SSSR count). The Bertz CT molecular complexity index is 1320. The first-order valence-corrected chi connectivity index (χ1v) is 12.4. The van der Waals surface area contributed by atoms with Gasteiger partial charge < -0.3 is 21.1 Å². The molecule has 172 valence electrons. The van der Waals surface area contributed by atoms with Crippen molar-refractivity contribution in [2.45, 2.75) is 16.4 Å². The van der Waals surface area contributed by atoms with Crippen molar-refractivity contribution in [1.29, 1.82) is 0 Å². The summed E-state index contributed by atoms with van der Waals surface area (Å²) in [5, 5.41) is 18.9. The Balaban J connectivity index is 1.46. The van der Waals surface area contributed by atoms with E-state index in [1.165, 1.54) is 24.3 Å². The molecule has 2 unspecified atom stereocenters. The van der Waals surface area contributed by atoms with Crippen LogP contribution in [0.4, 0.5) is 21.9 Å². The Morgan fingerprint density at radius 1 is 1.09 bits per heavy atom. The summed E-state index contributed by atoms with van der Waals surface area (Å²) in [6, 6.07) is 13.2. The third-order valence-corrected chi connectivity index (χ3v) is 8.10. The van der Waals surface area contributed by atoms with Gasteiger partial charge in [-0.15, -0.1) is 11.3 Å². The summed E-state index contributed by atoms with van der Waals surface area (Å²) in [6.07, 6.45) is -1.14. The highest BCUT2D eigenvalue weighted by Gasteiger charge is 2.35. The predicted octanol–water partition coefficient (Wildman–Crippen LogP) is 3.66. The van der Waals surface area contributed by atoms with Crippen LogP contribution in [0.1, 0.15) is 21.8 Å². The lowest BCUT2D eigenvalue weighted by Crippen LogP contribution is -2.37. The highest BCUT2D eigenvalue weighted by Crippen LogP contribution is 2.35. The Morgan fingerprint density at radius 3 is 2.42 bits per heavy atom. The standard InChI is InChI=1S/C21H19ClN4O5S2/c1-23-13-6-7-14-15(10-13)25-20(28)18(19(14)27)11-2-4-12(5-3-11)24-21(29)26-33(30,31)17-9-8-16(22)32-17/h2-10,18,20,23,25,28H,1H3,(H2,24,26,29). The number of Topliss-reactive ketones (excluding diaryl/α,β-unsaturated/α-hetero) is 1. The van der Waals surface area contributed by atoms with E-state index in [-0.39, 0.29) is 14.3 Å². The van der Waals surface area contributed by atoms with E-state index < -0.39 is 28.2 Å². The van der Waals surface area contributed by atoms with E-state index in [1.807, 2.05) is 4.72 Å². The number of sulfonamides is 1. The second-order valence-electron chi connectivity index (χ2n) is 7.18. The predicted molar refractivity (Wildman–Crippen MR) is 128 cm³/mol. The van der Waals surface area contributed by atoms with Crippen LogP contribution in [0.5, 0.6) is 0 Å². The topological polar surface area (TPSA) is 137 Å². The molecule has 0 saturated heterocycles. The van der Waals surface area contributed by atoms with Crippen molar-refractivity contribution >= 4 is 61.8 Å². The van der Waals surface area contributed by atoms with E-state index in [1.54, 1.807) is 37.4 Å². The number of anilines is 3. The van der Waals surface area contributed by atoms with Gasteiger partial charge in [0.05, 0.1) is 10.3 Å². The molecule has 1 aliphatic heterocycles. The molecule has 0 radical (unpaired) electrons. The molecule has 2 amide bonds. The maximum Gasteiger partial charge on any atom is 0.333 e. The van der Waals surface area contributed by atoms with Crippen molar-refractivity contribution < 1.29 is 23.1 Å². The minimum atomic E-state index is -4.05. The molecule has 1 aromatic heterocycles. The summed E-state index contributed by atoms with van der Waals surface area (Å²) in [5.41, 5.74) is 2.65. The number of aliphatic hydroxyl groups is 1. The summed E-state index contributed by atoms with van der Waals surface area (Å²) in [7, 11) is -2.29. The van der Waals surface area contributed by atoms with E-state index in [2.05, 4.69) is 16.0 Å². The zero-order valence-electron chi connectivity index (χ0n) is 17.1. The molecule has 2 aromatic carbocycles. The van der Waals surface area contributed by atoms with Crippen molar-refractivity contribution in [1.82, 2.24) is 4.72 Å². The van der Waals surface area contributed by atoms with Gasteiger partial charge in [-0.3, -0.25) is 4.79 Å². The van der Waals surface area contributed by atoms with Gasteiger partial charge >= 0.3 is 6.03 Å². The summed E-state index contributed by atoms with van der Waals surface area (Å²) < 4.78 is 26.6. The average Bonchev–Trinajstić information content (AvgIpc) is 3.21. The van der Waals surface area contributed by atoms with Crippen LogP contribution in [-0.2, 0) is 10.0 Å². The lowest BCUT2D eigenvalue weighted by Gasteiger charge is -2.30. The van der Waals surface area contributed by atoms with Crippen LogP contribution in [0.15, 0.2) is 58.8 Å². The first-order valence-electron chi connectivity index (χ1n) is 9.67. The number of fused-ring (bicyclic) bond motifs is 1. The van der Waals surface area contributed by atoms with Crippen LogP contribution in [-0.4, -0.2) is 38.6 Å². The van der Waals surface area contributed by atoms with Crippen molar-refractivity contribution in [3.8, 4) is 0 Å². The lowest BCUT2D eigenvalue weighted by atomic mass is 9.85. The van der Waals surface area contributed by atoms with E-state index in [0.717, 1.165) is 17.0 Å². The number of carbonyl (C=O) groups is 2. The summed E-state index contributed by atoms with van der Waals surface area (Å²) in [5.74, 6) is -1.08. The van der Waals surface area contributed by atoms with Crippen molar-refractivity contribution in [2.24, 2.45) is 0 Å². The molecule has 0 bridgehead atoms. The lowest BCUT2D eigenvalue weighted by molar-refractivity contribution is 0.0835. The third kappa shape index (κ3) is 4.81. The number of hydrogen-bond acceptors (Lipinski definition) is 8. The number of ketones is 1. The Kier molecular flexibility index (Phi) is 6.30. The van der Waals surface area contributed by atoms with E-state index >= 15 is 0 Å². The Labute approximate surface area is 198 Å². The van der Waals surface area contributed by atoms with Gasteiger partial charge in [-0.05, 0) is 48.0 Å². The normalized spacial score (nSPS) is 17.6. The average molecular weight is 507 g/mol. The highest BCUT2D eigenvalue weighted by atomic mass is 35.5.